The predicted molar refractivity (Wildman–Crippen MR) is 140 cm³/mol. The Labute approximate surface area is 191 Å². The molecule has 0 atom stereocenters. The summed E-state index contributed by atoms with van der Waals surface area (Å²) in [6, 6.07) is 0. The Hall–Kier alpha value is 0.799. The van der Waals surface area contributed by atoms with Crippen molar-refractivity contribution in [3.8, 4) is 0 Å². The van der Waals surface area contributed by atoms with Crippen LogP contribution in [-0.4, -0.2) is 18.4 Å². The molecule has 0 aromatic heterocycles. The first kappa shape index (κ1) is 29.8. The number of hydrogen-bond donors (Lipinski definition) is 0. The maximum atomic E-state index is 2.37. The van der Waals surface area contributed by atoms with E-state index in [2.05, 4.69) is 27.7 Å². The second kappa shape index (κ2) is 23.5. The van der Waals surface area contributed by atoms with Gasteiger partial charge < -0.3 is 0 Å². The third kappa shape index (κ3) is 19.2. The van der Waals surface area contributed by atoms with Crippen LogP contribution >= 0.6 is 0 Å². The molecule has 0 bridgehead atoms. The third-order valence-electron chi connectivity index (χ3n) is 7.24. The first-order valence-electron chi connectivity index (χ1n) is 14.2. The Morgan fingerprint density at radius 3 is 0.759 bits per heavy atom. The summed E-state index contributed by atoms with van der Waals surface area (Å²) in [6.45, 7) is 9.42. The van der Waals surface area contributed by atoms with E-state index < -0.39 is 18.4 Å². The van der Waals surface area contributed by atoms with Crippen LogP contribution in [-0.2, 0) is 0 Å². The fourth-order valence-electron chi connectivity index (χ4n) is 5.16. The van der Waals surface area contributed by atoms with E-state index in [-0.39, 0.29) is 0 Å². The van der Waals surface area contributed by atoms with E-state index >= 15 is 0 Å². The van der Waals surface area contributed by atoms with E-state index in [4.69, 9.17) is 0 Å². The van der Waals surface area contributed by atoms with Crippen molar-refractivity contribution >= 4 is 18.4 Å². The van der Waals surface area contributed by atoms with Crippen molar-refractivity contribution in [2.75, 3.05) is 0 Å². The minimum absolute atomic E-state index is 1.38. The van der Waals surface area contributed by atoms with Gasteiger partial charge in [-0.2, -0.15) is 0 Å². The molecule has 176 valence electrons. The topological polar surface area (TPSA) is 0 Å². The summed E-state index contributed by atoms with van der Waals surface area (Å²) in [5.41, 5.74) is 0. The second-order valence-corrected chi connectivity index (χ2v) is 24.4. The number of rotatable bonds is 24. The zero-order valence-corrected chi connectivity index (χ0v) is 24.3. The monoisotopic (exact) mass is 516 g/mol. The molecule has 0 unspecified atom stereocenters. The molecule has 0 aromatic rings. The molecule has 0 aliphatic rings. The van der Waals surface area contributed by atoms with Crippen LogP contribution in [0.3, 0.4) is 0 Å². The SMILES string of the molecule is CCCCCCC[CH2][Sn]([CH2]CCCCC)([CH2]CCCCC)[CH2]CCCCCCC. The van der Waals surface area contributed by atoms with E-state index in [9.17, 15) is 0 Å². The average Bonchev–Trinajstić information content (AvgIpc) is 2.73. The van der Waals surface area contributed by atoms with Crippen molar-refractivity contribution in [3.05, 3.63) is 0 Å². The average molecular weight is 515 g/mol. The first-order valence-corrected chi connectivity index (χ1v) is 22.3. The molecule has 0 amide bonds. The Morgan fingerprint density at radius 1 is 0.276 bits per heavy atom. The van der Waals surface area contributed by atoms with Gasteiger partial charge in [0.05, 0.1) is 0 Å². The molecular formula is C28H60Sn. The summed E-state index contributed by atoms with van der Waals surface area (Å²) in [7, 11) is 0. The molecule has 0 spiro atoms. The standard InChI is InChI=1S/2C8H17.2C6H13.Sn/c2*1-3-5-7-8-6-4-2;2*1-3-5-6-4-2;/h2*1,3-8H2,2H3;2*1,3-6H2,2H3;. The summed E-state index contributed by atoms with van der Waals surface area (Å²) in [4.78, 5) is 0. The van der Waals surface area contributed by atoms with Gasteiger partial charge in [0.15, 0.2) is 0 Å². The van der Waals surface area contributed by atoms with Gasteiger partial charge in [0.1, 0.15) is 0 Å². The molecule has 0 N–H and O–H groups in total. The molecule has 0 nitrogen and oxygen atoms in total. The van der Waals surface area contributed by atoms with Crippen molar-refractivity contribution in [2.45, 2.75) is 174 Å². The van der Waals surface area contributed by atoms with Crippen molar-refractivity contribution in [2.24, 2.45) is 0 Å². The molecule has 0 radical (unpaired) electrons. The van der Waals surface area contributed by atoms with E-state index in [0.29, 0.717) is 0 Å². The van der Waals surface area contributed by atoms with E-state index in [1.54, 1.807) is 56.3 Å². The second-order valence-electron chi connectivity index (χ2n) is 10.2. The van der Waals surface area contributed by atoms with Crippen molar-refractivity contribution in [3.63, 3.8) is 0 Å². The van der Waals surface area contributed by atoms with Crippen molar-refractivity contribution in [1.29, 1.82) is 0 Å². The zero-order valence-electron chi connectivity index (χ0n) is 21.5. The quantitative estimate of drug-likeness (QED) is 0.0886. The Morgan fingerprint density at radius 2 is 0.483 bits per heavy atom. The Kier molecular flexibility index (Phi) is 24.1. The summed E-state index contributed by atoms with van der Waals surface area (Å²) in [5.74, 6) is 0. The van der Waals surface area contributed by atoms with Gasteiger partial charge in [-0.15, -0.1) is 0 Å². The summed E-state index contributed by atoms with van der Waals surface area (Å²) in [6.07, 6.45) is 29.9. The number of hydrogen-bond acceptors (Lipinski definition) is 0. The summed E-state index contributed by atoms with van der Waals surface area (Å²) < 4.78 is 6.97. The molecule has 0 saturated carbocycles. The van der Waals surface area contributed by atoms with Gasteiger partial charge in [-0.1, -0.05) is 0 Å². The fraction of sp³-hybridized carbons (Fsp3) is 1.00. The summed E-state index contributed by atoms with van der Waals surface area (Å²) in [5, 5.41) is 0. The van der Waals surface area contributed by atoms with E-state index in [1.807, 2.05) is 0 Å². The van der Waals surface area contributed by atoms with Crippen molar-refractivity contribution in [1.82, 2.24) is 0 Å². The van der Waals surface area contributed by atoms with Crippen LogP contribution in [0.4, 0.5) is 0 Å². The van der Waals surface area contributed by atoms with Gasteiger partial charge in [-0.3, -0.25) is 0 Å². The molecule has 0 aromatic carbocycles. The predicted octanol–water partition coefficient (Wildman–Crippen LogP) is 11.3. The summed E-state index contributed by atoms with van der Waals surface area (Å²) >= 11 is -1.92. The van der Waals surface area contributed by atoms with Crippen LogP contribution in [0.25, 0.3) is 0 Å². The molecule has 0 aliphatic carbocycles. The zero-order chi connectivity index (χ0) is 21.5. The fourth-order valence-corrected chi connectivity index (χ4v) is 20.9. The Balaban J connectivity index is 4.63. The van der Waals surface area contributed by atoms with Gasteiger partial charge in [0, 0.05) is 0 Å². The molecule has 0 rings (SSSR count). The molecule has 0 fully saturated rings. The minimum atomic E-state index is -1.92. The van der Waals surface area contributed by atoms with Crippen LogP contribution in [0, 0.1) is 0 Å². The van der Waals surface area contributed by atoms with Crippen LogP contribution in [0.1, 0.15) is 156 Å². The molecule has 0 aliphatic heterocycles. The van der Waals surface area contributed by atoms with Gasteiger partial charge >= 0.3 is 192 Å². The molecule has 0 saturated heterocycles. The molecule has 1 heteroatoms. The van der Waals surface area contributed by atoms with Crippen LogP contribution in [0.5, 0.6) is 0 Å². The first-order chi connectivity index (χ1) is 14.2. The van der Waals surface area contributed by atoms with Gasteiger partial charge in [0.25, 0.3) is 0 Å². The molecule has 0 heterocycles. The van der Waals surface area contributed by atoms with Crippen LogP contribution in [0.15, 0.2) is 0 Å². The van der Waals surface area contributed by atoms with Crippen molar-refractivity contribution < 1.29 is 0 Å². The van der Waals surface area contributed by atoms with Gasteiger partial charge in [-0.25, -0.2) is 0 Å². The van der Waals surface area contributed by atoms with Gasteiger partial charge in [-0.05, 0) is 0 Å². The Bertz CT molecular complexity index is 269. The van der Waals surface area contributed by atoms with E-state index in [1.165, 1.54) is 89.9 Å². The van der Waals surface area contributed by atoms with E-state index in [0.717, 1.165) is 0 Å². The van der Waals surface area contributed by atoms with Gasteiger partial charge in [0.2, 0.25) is 0 Å². The normalized spacial score (nSPS) is 12.0. The third-order valence-corrected chi connectivity index (χ3v) is 23.4. The maximum absolute atomic E-state index is 2.37. The van der Waals surface area contributed by atoms with Crippen LogP contribution in [0.2, 0.25) is 17.7 Å². The molecule has 29 heavy (non-hydrogen) atoms. The van der Waals surface area contributed by atoms with Crippen LogP contribution < -0.4 is 0 Å². The molecular weight excluding hydrogens is 455 g/mol. The number of unbranched alkanes of at least 4 members (excludes halogenated alkanes) is 16.